The van der Waals surface area contributed by atoms with Gasteiger partial charge in [-0.1, -0.05) is 18.2 Å². The summed E-state index contributed by atoms with van der Waals surface area (Å²) in [5.41, 5.74) is 1.11. The number of H-pyrrole nitrogens is 1. The van der Waals surface area contributed by atoms with Gasteiger partial charge in [-0.3, -0.25) is 9.78 Å². The zero-order valence-electron chi connectivity index (χ0n) is 15.6. The Morgan fingerprint density at radius 3 is 2.96 bits per heavy atom. The van der Waals surface area contributed by atoms with Gasteiger partial charge in [-0.15, -0.1) is 0 Å². The largest absolute Gasteiger partial charge is 0.450 e. The number of alkyl carbamates (subject to hydrolysis) is 1. The van der Waals surface area contributed by atoms with E-state index in [1.807, 2.05) is 35.2 Å². The first-order valence-electron chi connectivity index (χ1n) is 9.37. The van der Waals surface area contributed by atoms with E-state index < -0.39 is 6.09 Å². The Labute approximate surface area is 161 Å². The van der Waals surface area contributed by atoms with E-state index in [0.29, 0.717) is 30.1 Å². The molecule has 1 saturated heterocycles. The van der Waals surface area contributed by atoms with Gasteiger partial charge in [0, 0.05) is 19.1 Å². The first kappa shape index (κ1) is 18.0. The molecule has 0 bridgehead atoms. The maximum absolute atomic E-state index is 12.6. The van der Waals surface area contributed by atoms with Gasteiger partial charge in [0.25, 0.3) is 5.56 Å². The van der Waals surface area contributed by atoms with Crippen LogP contribution in [0.2, 0.25) is 0 Å². The van der Waals surface area contributed by atoms with Gasteiger partial charge >= 0.3 is 6.09 Å². The molecule has 9 heteroatoms. The van der Waals surface area contributed by atoms with Crippen LogP contribution >= 0.6 is 0 Å². The second-order valence-corrected chi connectivity index (χ2v) is 6.67. The number of carbonyl (C=O) groups is 1. The molecule has 1 aromatic carbocycles. The summed E-state index contributed by atoms with van der Waals surface area (Å²) in [7, 11) is 0. The fourth-order valence-corrected chi connectivity index (χ4v) is 3.44. The number of aromatic amines is 1. The summed E-state index contributed by atoms with van der Waals surface area (Å²) < 4.78 is 6.62. The monoisotopic (exact) mass is 382 g/mol. The fourth-order valence-electron chi connectivity index (χ4n) is 3.44. The highest BCUT2D eigenvalue weighted by atomic mass is 16.5. The van der Waals surface area contributed by atoms with Gasteiger partial charge in [-0.05, 0) is 31.9 Å². The van der Waals surface area contributed by atoms with E-state index in [1.165, 1.54) is 6.20 Å². The zero-order valence-corrected chi connectivity index (χ0v) is 15.6. The minimum atomic E-state index is -0.423. The van der Waals surface area contributed by atoms with Crippen LogP contribution in [-0.2, 0) is 4.74 Å². The highest BCUT2D eigenvalue weighted by molar-refractivity contribution is 5.76. The molecule has 4 rings (SSSR count). The van der Waals surface area contributed by atoms with E-state index >= 15 is 0 Å². The molecule has 3 heterocycles. The third-order valence-corrected chi connectivity index (χ3v) is 4.74. The molecule has 1 unspecified atom stereocenters. The van der Waals surface area contributed by atoms with Gasteiger partial charge in [0.2, 0.25) is 5.95 Å². The second-order valence-electron chi connectivity index (χ2n) is 6.67. The maximum Gasteiger partial charge on any atom is 0.407 e. The summed E-state index contributed by atoms with van der Waals surface area (Å²) in [4.78, 5) is 33.8. The van der Waals surface area contributed by atoms with Crippen molar-refractivity contribution < 1.29 is 9.53 Å². The van der Waals surface area contributed by atoms with Crippen LogP contribution in [0.4, 0.5) is 10.7 Å². The highest BCUT2D eigenvalue weighted by Gasteiger charge is 2.24. The van der Waals surface area contributed by atoms with Gasteiger partial charge in [-0.25, -0.2) is 9.48 Å². The Morgan fingerprint density at radius 2 is 2.18 bits per heavy atom. The highest BCUT2D eigenvalue weighted by Crippen LogP contribution is 2.19. The Bertz CT molecular complexity index is 1030. The summed E-state index contributed by atoms with van der Waals surface area (Å²) in [5.74, 6) is 0.477. The molecule has 1 aliphatic rings. The Kier molecular flexibility index (Phi) is 4.96. The number of carbonyl (C=O) groups excluding carboxylic acids is 1. The standard InChI is InChI=1S/C19H22N6O3/c1-2-28-19(27)21-13-7-6-10-24(12-13)18-22-16-15(17(26)23-18)11-20-25(16)14-8-4-3-5-9-14/h3-5,8-9,11,13H,2,6-7,10,12H2,1H3,(H,21,27)(H,22,23,26). The van der Waals surface area contributed by atoms with Crippen molar-refractivity contribution in [2.75, 3.05) is 24.6 Å². The van der Waals surface area contributed by atoms with E-state index in [4.69, 9.17) is 4.74 Å². The van der Waals surface area contributed by atoms with Crippen molar-refractivity contribution in [1.82, 2.24) is 25.1 Å². The van der Waals surface area contributed by atoms with Crippen molar-refractivity contribution in [2.45, 2.75) is 25.8 Å². The molecule has 1 amide bonds. The van der Waals surface area contributed by atoms with Crippen molar-refractivity contribution in [3.05, 3.63) is 46.9 Å². The lowest BCUT2D eigenvalue weighted by Gasteiger charge is -2.33. The molecule has 28 heavy (non-hydrogen) atoms. The number of hydrogen-bond donors (Lipinski definition) is 2. The lowest BCUT2D eigenvalue weighted by molar-refractivity contribution is 0.146. The SMILES string of the molecule is CCOC(=O)NC1CCCN(c2nc3c(cnn3-c3ccccc3)c(=O)[nH]2)C1. The minimum absolute atomic E-state index is 0.0622. The predicted octanol–water partition coefficient (Wildman–Crippen LogP) is 1.82. The van der Waals surface area contributed by atoms with Crippen LogP contribution in [-0.4, -0.2) is 51.6 Å². The Hall–Kier alpha value is -3.36. The van der Waals surface area contributed by atoms with Crippen molar-refractivity contribution in [3.8, 4) is 5.69 Å². The topological polar surface area (TPSA) is 105 Å². The smallest absolute Gasteiger partial charge is 0.407 e. The van der Waals surface area contributed by atoms with E-state index in [2.05, 4.69) is 20.4 Å². The second kappa shape index (κ2) is 7.71. The molecule has 3 aromatic rings. The molecule has 0 aliphatic carbocycles. The number of piperidine rings is 1. The van der Waals surface area contributed by atoms with Crippen LogP contribution in [0.5, 0.6) is 0 Å². The number of hydrogen-bond acceptors (Lipinski definition) is 6. The van der Waals surface area contributed by atoms with Crippen molar-refractivity contribution in [1.29, 1.82) is 0 Å². The van der Waals surface area contributed by atoms with E-state index in [0.717, 1.165) is 25.1 Å². The maximum atomic E-state index is 12.6. The average molecular weight is 382 g/mol. The minimum Gasteiger partial charge on any atom is -0.450 e. The number of aromatic nitrogens is 4. The van der Waals surface area contributed by atoms with Gasteiger partial charge in [0.15, 0.2) is 5.65 Å². The van der Waals surface area contributed by atoms with Gasteiger partial charge in [0.1, 0.15) is 5.39 Å². The van der Waals surface area contributed by atoms with E-state index in [-0.39, 0.29) is 11.6 Å². The van der Waals surface area contributed by atoms with E-state index in [9.17, 15) is 9.59 Å². The number of nitrogens with one attached hydrogen (secondary N) is 2. The van der Waals surface area contributed by atoms with Crippen LogP contribution < -0.4 is 15.8 Å². The molecule has 0 saturated carbocycles. The third-order valence-electron chi connectivity index (χ3n) is 4.74. The average Bonchev–Trinajstić information content (AvgIpc) is 3.14. The summed E-state index contributed by atoms with van der Waals surface area (Å²) in [6.45, 7) is 3.39. The molecule has 1 atom stereocenters. The van der Waals surface area contributed by atoms with Gasteiger partial charge in [-0.2, -0.15) is 10.1 Å². The number of ether oxygens (including phenoxy) is 1. The van der Waals surface area contributed by atoms with E-state index in [1.54, 1.807) is 11.6 Å². The molecule has 146 valence electrons. The Morgan fingerprint density at radius 1 is 1.36 bits per heavy atom. The molecule has 2 N–H and O–H groups in total. The van der Waals surface area contributed by atoms with Crippen LogP contribution in [0.1, 0.15) is 19.8 Å². The lowest BCUT2D eigenvalue weighted by Crippen LogP contribution is -2.48. The van der Waals surface area contributed by atoms with Crippen LogP contribution in [0.25, 0.3) is 16.7 Å². The van der Waals surface area contributed by atoms with Crippen LogP contribution in [0, 0.1) is 0 Å². The van der Waals surface area contributed by atoms with Gasteiger partial charge < -0.3 is 15.0 Å². The Balaban J connectivity index is 1.63. The normalized spacial score (nSPS) is 16.9. The summed E-state index contributed by atoms with van der Waals surface area (Å²) in [6, 6.07) is 9.50. The van der Waals surface area contributed by atoms with Crippen LogP contribution in [0.3, 0.4) is 0 Å². The molecule has 0 radical (unpaired) electrons. The van der Waals surface area contributed by atoms with Gasteiger partial charge in [0.05, 0.1) is 18.5 Å². The van der Waals surface area contributed by atoms with Crippen molar-refractivity contribution in [2.24, 2.45) is 0 Å². The number of para-hydroxylation sites is 1. The quantitative estimate of drug-likeness (QED) is 0.713. The predicted molar refractivity (Wildman–Crippen MR) is 105 cm³/mol. The number of amides is 1. The molecule has 0 spiro atoms. The molecule has 2 aromatic heterocycles. The van der Waals surface area contributed by atoms with Crippen molar-refractivity contribution in [3.63, 3.8) is 0 Å². The lowest BCUT2D eigenvalue weighted by atomic mass is 10.1. The fraction of sp³-hybridized carbons (Fsp3) is 0.368. The van der Waals surface area contributed by atoms with Crippen molar-refractivity contribution >= 4 is 23.1 Å². The molecular formula is C19H22N6O3. The molecule has 1 fully saturated rings. The summed E-state index contributed by atoms with van der Waals surface area (Å²) >= 11 is 0. The first-order valence-corrected chi connectivity index (χ1v) is 9.37. The number of nitrogens with zero attached hydrogens (tertiary/aromatic N) is 4. The molecule has 9 nitrogen and oxygen atoms in total. The molecular weight excluding hydrogens is 360 g/mol. The summed E-state index contributed by atoms with van der Waals surface area (Å²) in [5, 5.41) is 7.63. The third kappa shape index (κ3) is 3.55. The number of rotatable bonds is 4. The molecule has 1 aliphatic heterocycles. The number of benzene rings is 1. The summed E-state index contributed by atoms with van der Waals surface area (Å²) in [6.07, 6.45) is 2.83. The number of fused-ring (bicyclic) bond motifs is 1. The number of anilines is 1. The van der Waals surface area contributed by atoms with Crippen LogP contribution in [0.15, 0.2) is 41.3 Å². The zero-order chi connectivity index (χ0) is 19.5. The first-order chi connectivity index (χ1) is 13.7.